The first-order valence-corrected chi connectivity index (χ1v) is 8.88. The average Bonchev–Trinajstić information content (AvgIpc) is 3.06. The Bertz CT molecular complexity index is 740. The van der Waals surface area contributed by atoms with Crippen LogP contribution in [-0.4, -0.2) is 37.0 Å². The predicted molar refractivity (Wildman–Crippen MR) is 107 cm³/mol. The highest BCUT2D eigenvalue weighted by Crippen LogP contribution is 2.32. The number of benzene rings is 2. The van der Waals surface area contributed by atoms with Crippen molar-refractivity contribution in [3.05, 3.63) is 64.7 Å². The lowest BCUT2D eigenvalue weighted by Gasteiger charge is -2.17. The Balaban J connectivity index is 0.00000243. The molecule has 0 bridgehead atoms. The highest BCUT2D eigenvalue weighted by atomic mass is 35.5. The molecule has 0 aliphatic carbocycles. The van der Waals surface area contributed by atoms with Gasteiger partial charge in [-0.1, -0.05) is 41.9 Å². The summed E-state index contributed by atoms with van der Waals surface area (Å²) in [6.45, 7) is 3.88. The van der Waals surface area contributed by atoms with Gasteiger partial charge in [0.1, 0.15) is 5.75 Å². The number of nitrogens with two attached hydrogens (primary N) is 1. The Hall–Kier alpha value is -1.75. The zero-order chi connectivity index (χ0) is 17.8. The number of likely N-dealkylation sites (tertiary alicyclic amines) is 1. The van der Waals surface area contributed by atoms with E-state index < -0.39 is 0 Å². The number of hydrogen-bond acceptors (Lipinski definition) is 3. The van der Waals surface area contributed by atoms with Crippen molar-refractivity contribution >= 4 is 29.9 Å². The topological polar surface area (TPSA) is 55.6 Å². The van der Waals surface area contributed by atoms with Gasteiger partial charge in [-0.3, -0.25) is 4.79 Å². The molecule has 4 nitrogen and oxygen atoms in total. The first-order valence-electron chi connectivity index (χ1n) is 8.50. The van der Waals surface area contributed by atoms with E-state index in [0.717, 1.165) is 5.56 Å². The number of carbonyl (C=O) groups excluding carboxylic acids is 1. The molecule has 2 N–H and O–H groups in total. The van der Waals surface area contributed by atoms with Crippen LogP contribution >= 0.6 is 24.0 Å². The largest absolute Gasteiger partial charge is 0.483 e. The minimum absolute atomic E-state index is 0. The van der Waals surface area contributed by atoms with Crippen LogP contribution in [-0.2, 0) is 4.79 Å². The second-order valence-corrected chi connectivity index (χ2v) is 6.95. The Kier molecular flexibility index (Phi) is 7.33. The smallest absolute Gasteiger partial charge is 0.260 e. The molecule has 0 saturated carbocycles. The van der Waals surface area contributed by atoms with Crippen LogP contribution in [0.15, 0.2) is 48.5 Å². The van der Waals surface area contributed by atoms with E-state index in [-0.39, 0.29) is 36.8 Å². The number of amides is 1. The maximum Gasteiger partial charge on any atom is 0.260 e. The Morgan fingerprint density at radius 2 is 1.96 bits per heavy atom. The number of carbonyl (C=O) groups is 1. The van der Waals surface area contributed by atoms with Gasteiger partial charge in [0.05, 0.1) is 0 Å². The van der Waals surface area contributed by atoms with E-state index in [1.807, 2.05) is 36.1 Å². The second-order valence-electron chi connectivity index (χ2n) is 6.51. The number of halogens is 2. The molecule has 1 aliphatic heterocycles. The van der Waals surface area contributed by atoms with E-state index in [1.54, 1.807) is 12.1 Å². The molecule has 26 heavy (non-hydrogen) atoms. The van der Waals surface area contributed by atoms with Crippen molar-refractivity contribution in [1.29, 1.82) is 0 Å². The molecule has 0 radical (unpaired) electrons. The SMILES string of the molecule is Cc1cc(Cl)ccc1OCC(=O)N1C[C@@H](CN)[C@H](c2ccccc2)C1.Cl. The van der Waals surface area contributed by atoms with Gasteiger partial charge in [0.25, 0.3) is 5.91 Å². The van der Waals surface area contributed by atoms with Crippen LogP contribution in [0.1, 0.15) is 17.0 Å². The van der Waals surface area contributed by atoms with Gasteiger partial charge < -0.3 is 15.4 Å². The number of nitrogens with zero attached hydrogens (tertiary/aromatic N) is 1. The van der Waals surface area contributed by atoms with Crippen molar-refractivity contribution < 1.29 is 9.53 Å². The summed E-state index contributed by atoms with van der Waals surface area (Å²) < 4.78 is 5.69. The molecule has 140 valence electrons. The Morgan fingerprint density at radius 3 is 2.62 bits per heavy atom. The summed E-state index contributed by atoms with van der Waals surface area (Å²) >= 11 is 5.95. The molecule has 1 fully saturated rings. The maximum absolute atomic E-state index is 12.6. The normalized spacial score (nSPS) is 19.1. The predicted octanol–water partition coefficient (Wildman–Crippen LogP) is 3.65. The first kappa shape index (κ1) is 20.6. The van der Waals surface area contributed by atoms with Gasteiger partial charge in [-0.05, 0) is 48.7 Å². The van der Waals surface area contributed by atoms with Crippen molar-refractivity contribution in [1.82, 2.24) is 4.90 Å². The van der Waals surface area contributed by atoms with Crippen molar-refractivity contribution in [2.24, 2.45) is 11.7 Å². The molecule has 1 heterocycles. The summed E-state index contributed by atoms with van der Waals surface area (Å²) in [4.78, 5) is 14.4. The number of rotatable bonds is 5. The van der Waals surface area contributed by atoms with Crippen molar-refractivity contribution in [2.45, 2.75) is 12.8 Å². The molecule has 6 heteroatoms. The molecular weight excluding hydrogens is 371 g/mol. The average molecular weight is 395 g/mol. The van der Waals surface area contributed by atoms with E-state index in [9.17, 15) is 4.79 Å². The van der Waals surface area contributed by atoms with E-state index in [4.69, 9.17) is 22.1 Å². The Labute approximate surface area is 165 Å². The van der Waals surface area contributed by atoms with Crippen LogP contribution in [0.2, 0.25) is 5.02 Å². The fraction of sp³-hybridized carbons (Fsp3) is 0.350. The summed E-state index contributed by atoms with van der Waals surface area (Å²) in [6, 6.07) is 15.7. The summed E-state index contributed by atoms with van der Waals surface area (Å²) in [7, 11) is 0. The molecule has 0 aromatic heterocycles. The summed E-state index contributed by atoms with van der Waals surface area (Å²) in [5, 5.41) is 0.659. The van der Waals surface area contributed by atoms with Crippen molar-refractivity contribution in [2.75, 3.05) is 26.2 Å². The van der Waals surface area contributed by atoms with Crippen LogP contribution < -0.4 is 10.5 Å². The van der Waals surface area contributed by atoms with Gasteiger partial charge in [0, 0.05) is 24.0 Å². The lowest BCUT2D eigenvalue weighted by molar-refractivity contribution is -0.132. The fourth-order valence-corrected chi connectivity index (χ4v) is 3.62. The molecule has 2 aromatic rings. The molecule has 1 amide bonds. The molecule has 1 saturated heterocycles. The molecule has 0 spiro atoms. The van der Waals surface area contributed by atoms with Crippen LogP contribution in [0.25, 0.3) is 0 Å². The third-order valence-electron chi connectivity index (χ3n) is 4.81. The van der Waals surface area contributed by atoms with Gasteiger partial charge in [0.2, 0.25) is 0 Å². The van der Waals surface area contributed by atoms with Crippen LogP contribution in [0, 0.1) is 12.8 Å². The van der Waals surface area contributed by atoms with Crippen LogP contribution in [0.5, 0.6) is 5.75 Å². The highest BCUT2D eigenvalue weighted by molar-refractivity contribution is 6.30. The monoisotopic (exact) mass is 394 g/mol. The molecule has 0 unspecified atom stereocenters. The minimum Gasteiger partial charge on any atom is -0.483 e. The lowest BCUT2D eigenvalue weighted by atomic mass is 9.89. The lowest BCUT2D eigenvalue weighted by Crippen LogP contribution is -2.33. The van der Waals surface area contributed by atoms with Gasteiger partial charge in [0.15, 0.2) is 6.61 Å². The molecular formula is C20H24Cl2N2O2. The molecule has 1 aliphatic rings. The van der Waals surface area contributed by atoms with E-state index >= 15 is 0 Å². The summed E-state index contributed by atoms with van der Waals surface area (Å²) in [6.07, 6.45) is 0. The summed E-state index contributed by atoms with van der Waals surface area (Å²) in [5.41, 5.74) is 8.10. The van der Waals surface area contributed by atoms with Crippen LogP contribution in [0.3, 0.4) is 0 Å². The zero-order valence-corrected chi connectivity index (χ0v) is 16.3. The van der Waals surface area contributed by atoms with Gasteiger partial charge in [-0.25, -0.2) is 0 Å². The summed E-state index contributed by atoms with van der Waals surface area (Å²) in [5.74, 6) is 1.24. The third-order valence-corrected chi connectivity index (χ3v) is 5.05. The molecule has 2 aromatic carbocycles. The fourth-order valence-electron chi connectivity index (χ4n) is 3.40. The van der Waals surface area contributed by atoms with E-state index in [0.29, 0.717) is 30.4 Å². The molecule has 2 atom stereocenters. The maximum atomic E-state index is 12.6. The van der Waals surface area contributed by atoms with Crippen molar-refractivity contribution in [3.63, 3.8) is 0 Å². The van der Waals surface area contributed by atoms with E-state index in [2.05, 4.69) is 12.1 Å². The number of ether oxygens (including phenoxy) is 1. The first-order chi connectivity index (χ1) is 12.1. The quantitative estimate of drug-likeness (QED) is 0.841. The standard InChI is InChI=1S/C20H23ClN2O2.ClH/c1-14-9-17(21)7-8-19(14)25-13-20(24)23-11-16(10-22)18(12-23)15-5-3-2-4-6-15;/h2-9,16,18H,10-13,22H2,1H3;1H/t16-,18+;/m1./s1. The number of hydrogen-bond donors (Lipinski definition) is 1. The second kappa shape index (κ2) is 9.26. The van der Waals surface area contributed by atoms with E-state index in [1.165, 1.54) is 5.56 Å². The third kappa shape index (κ3) is 4.70. The van der Waals surface area contributed by atoms with Crippen molar-refractivity contribution in [3.8, 4) is 5.75 Å². The molecule has 3 rings (SSSR count). The van der Waals surface area contributed by atoms with Crippen LogP contribution in [0.4, 0.5) is 0 Å². The minimum atomic E-state index is -0.00812. The van der Waals surface area contributed by atoms with Gasteiger partial charge in [-0.2, -0.15) is 0 Å². The highest BCUT2D eigenvalue weighted by Gasteiger charge is 2.35. The van der Waals surface area contributed by atoms with Gasteiger partial charge in [-0.15, -0.1) is 12.4 Å². The number of aryl methyl sites for hydroxylation is 1. The zero-order valence-electron chi connectivity index (χ0n) is 14.7. The van der Waals surface area contributed by atoms with Gasteiger partial charge >= 0.3 is 0 Å². The Morgan fingerprint density at radius 1 is 1.23 bits per heavy atom.